The first-order valence-electron chi connectivity index (χ1n) is 6.51. The van der Waals surface area contributed by atoms with E-state index in [4.69, 9.17) is 0 Å². The summed E-state index contributed by atoms with van der Waals surface area (Å²) in [5.41, 5.74) is 0. The van der Waals surface area contributed by atoms with E-state index >= 15 is 0 Å². The molecule has 7 heteroatoms. The van der Waals surface area contributed by atoms with Crippen molar-refractivity contribution in [2.24, 2.45) is 5.92 Å². The van der Waals surface area contributed by atoms with E-state index in [1.165, 1.54) is 7.11 Å². The molecular formula is C13H22N4O3. The molecule has 1 aromatic heterocycles. The predicted molar refractivity (Wildman–Crippen MR) is 74.1 cm³/mol. The zero-order valence-corrected chi connectivity index (χ0v) is 12.5. The van der Waals surface area contributed by atoms with Gasteiger partial charge in [0.05, 0.1) is 13.2 Å². The van der Waals surface area contributed by atoms with Gasteiger partial charge in [-0.2, -0.15) is 0 Å². The van der Waals surface area contributed by atoms with E-state index in [2.05, 4.69) is 20.4 Å². The number of rotatable bonds is 5. The summed E-state index contributed by atoms with van der Waals surface area (Å²) in [7, 11) is 2.90. The Hall–Kier alpha value is -2.05. The zero-order valence-electron chi connectivity index (χ0n) is 12.5. The van der Waals surface area contributed by atoms with Gasteiger partial charge in [-0.25, -0.2) is 9.78 Å². The molecule has 112 valence electrons. The highest BCUT2D eigenvalue weighted by Crippen LogP contribution is 2.23. The predicted octanol–water partition coefficient (Wildman–Crippen LogP) is 1.24. The Balaban J connectivity index is 3.07. The third-order valence-corrected chi connectivity index (χ3v) is 3.15. The number of hydrogen-bond donors (Lipinski definition) is 2. The zero-order chi connectivity index (χ0) is 15.3. The van der Waals surface area contributed by atoms with Gasteiger partial charge in [-0.1, -0.05) is 13.8 Å². The second kappa shape index (κ2) is 6.93. The van der Waals surface area contributed by atoms with Crippen LogP contribution in [0, 0.1) is 5.92 Å². The maximum atomic E-state index is 11.8. The van der Waals surface area contributed by atoms with Crippen molar-refractivity contribution in [3.63, 3.8) is 0 Å². The molecule has 20 heavy (non-hydrogen) atoms. The van der Waals surface area contributed by atoms with Gasteiger partial charge in [0.25, 0.3) is 0 Å². The fourth-order valence-corrected chi connectivity index (χ4v) is 1.94. The van der Waals surface area contributed by atoms with Crippen molar-refractivity contribution in [2.75, 3.05) is 14.2 Å². The summed E-state index contributed by atoms with van der Waals surface area (Å²) in [5.74, 6) is 0.610. The van der Waals surface area contributed by atoms with E-state index in [1.54, 1.807) is 30.9 Å². The van der Waals surface area contributed by atoms with Crippen molar-refractivity contribution in [3.8, 4) is 0 Å². The molecule has 0 aliphatic rings. The van der Waals surface area contributed by atoms with E-state index < -0.39 is 12.1 Å². The summed E-state index contributed by atoms with van der Waals surface area (Å²) in [4.78, 5) is 27.5. The minimum Gasteiger partial charge on any atom is -0.453 e. The van der Waals surface area contributed by atoms with Crippen LogP contribution in [-0.2, 0) is 9.53 Å². The number of aromatic nitrogens is 2. The quantitative estimate of drug-likeness (QED) is 0.851. The van der Waals surface area contributed by atoms with E-state index in [-0.39, 0.29) is 17.9 Å². The summed E-state index contributed by atoms with van der Waals surface area (Å²) in [5, 5.41) is 5.35. The summed E-state index contributed by atoms with van der Waals surface area (Å²) in [6.45, 7) is 5.70. The van der Waals surface area contributed by atoms with Gasteiger partial charge in [0.2, 0.25) is 5.91 Å². The number of likely N-dealkylation sites (N-methyl/N-ethyl adjacent to an activating group) is 1. The van der Waals surface area contributed by atoms with Crippen LogP contribution in [0.5, 0.6) is 0 Å². The molecule has 0 saturated carbocycles. The molecule has 1 aromatic rings. The van der Waals surface area contributed by atoms with E-state index in [9.17, 15) is 9.59 Å². The molecule has 0 saturated heterocycles. The minimum absolute atomic E-state index is 0.104. The molecule has 7 nitrogen and oxygen atoms in total. The van der Waals surface area contributed by atoms with Crippen LogP contribution in [0.4, 0.5) is 4.79 Å². The number of alkyl carbamates (subject to hydrolysis) is 1. The molecule has 0 radical (unpaired) electrons. The highest BCUT2D eigenvalue weighted by molar-refractivity contribution is 5.79. The molecule has 0 bridgehead atoms. The lowest BCUT2D eigenvalue weighted by Crippen LogP contribution is -2.35. The first kappa shape index (κ1) is 16.0. The summed E-state index contributed by atoms with van der Waals surface area (Å²) >= 11 is 0. The van der Waals surface area contributed by atoms with Crippen LogP contribution in [0.3, 0.4) is 0 Å². The maximum absolute atomic E-state index is 11.8. The number of ether oxygens (including phenoxy) is 1. The average Bonchev–Trinajstić information content (AvgIpc) is 2.91. The lowest BCUT2D eigenvalue weighted by Gasteiger charge is -2.24. The van der Waals surface area contributed by atoms with Gasteiger partial charge in [0.1, 0.15) is 11.9 Å². The second-order valence-electron chi connectivity index (χ2n) is 4.84. The number of nitrogens with zero attached hydrogens (tertiary/aromatic N) is 2. The number of imidazole rings is 1. The summed E-state index contributed by atoms with van der Waals surface area (Å²) < 4.78 is 6.38. The molecule has 2 atom stereocenters. The Bertz CT molecular complexity index is 470. The fraction of sp³-hybridized carbons (Fsp3) is 0.615. The van der Waals surface area contributed by atoms with E-state index in [0.717, 1.165) is 0 Å². The normalized spacial score (nSPS) is 13.7. The molecule has 0 fully saturated rings. The number of hydrogen-bond acceptors (Lipinski definition) is 4. The van der Waals surface area contributed by atoms with Crippen LogP contribution < -0.4 is 10.6 Å². The van der Waals surface area contributed by atoms with Crippen LogP contribution in [0.2, 0.25) is 0 Å². The Morgan fingerprint density at radius 3 is 2.50 bits per heavy atom. The van der Waals surface area contributed by atoms with Crippen LogP contribution in [-0.4, -0.2) is 35.7 Å². The summed E-state index contributed by atoms with van der Waals surface area (Å²) in [6.07, 6.45) is 2.82. The highest BCUT2D eigenvalue weighted by atomic mass is 16.5. The number of methoxy groups -OCH3 is 1. The van der Waals surface area contributed by atoms with Gasteiger partial charge in [0, 0.05) is 19.4 Å². The molecule has 1 heterocycles. The molecule has 2 N–H and O–H groups in total. The second-order valence-corrected chi connectivity index (χ2v) is 4.84. The Kier molecular flexibility index (Phi) is 5.54. The van der Waals surface area contributed by atoms with Gasteiger partial charge in [0.15, 0.2) is 0 Å². The number of carbonyl (C=O) groups excluding carboxylic acids is 2. The topological polar surface area (TPSA) is 85.3 Å². The number of nitrogens with one attached hydrogen (secondary N) is 2. The van der Waals surface area contributed by atoms with Gasteiger partial charge >= 0.3 is 6.09 Å². The monoisotopic (exact) mass is 282 g/mol. The minimum atomic E-state index is -0.522. The standard InChI is InChI=1S/C13H22N4O3/c1-8(2)10(16-13(19)20-5)11-15-6-7-17(11)9(3)12(18)14-4/h6-10H,1-5H3,(H,14,18)(H,16,19). The average molecular weight is 282 g/mol. The molecule has 0 aliphatic carbocycles. The SMILES string of the molecule is CNC(=O)C(C)n1ccnc1C(NC(=O)OC)C(C)C. The van der Waals surface area contributed by atoms with Crippen LogP contribution >= 0.6 is 0 Å². The Morgan fingerprint density at radius 1 is 1.35 bits per heavy atom. The highest BCUT2D eigenvalue weighted by Gasteiger charge is 2.26. The lowest BCUT2D eigenvalue weighted by atomic mass is 10.0. The third kappa shape index (κ3) is 3.49. The Morgan fingerprint density at radius 2 is 2.00 bits per heavy atom. The van der Waals surface area contributed by atoms with Crippen molar-refractivity contribution < 1.29 is 14.3 Å². The largest absolute Gasteiger partial charge is 0.453 e. The van der Waals surface area contributed by atoms with Crippen molar-refractivity contribution in [1.29, 1.82) is 0 Å². The fourth-order valence-electron chi connectivity index (χ4n) is 1.94. The number of carbonyl (C=O) groups is 2. The first-order chi connectivity index (χ1) is 9.42. The molecular weight excluding hydrogens is 260 g/mol. The molecule has 1 rings (SSSR count). The van der Waals surface area contributed by atoms with Gasteiger partial charge in [-0.05, 0) is 12.8 Å². The molecule has 2 amide bonds. The molecule has 0 aromatic carbocycles. The van der Waals surface area contributed by atoms with Crippen LogP contribution in [0.25, 0.3) is 0 Å². The Labute approximate surface area is 118 Å². The van der Waals surface area contributed by atoms with Gasteiger partial charge in [-0.15, -0.1) is 0 Å². The van der Waals surface area contributed by atoms with Crippen molar-refractivity contribution >= 4 is 12.0 Å². The lowest BCUT2D eigenvalue weighted by molar-refractivity contribution is -0.123. The van der Waals surface area contributed by atoms with E-state index in [1.807, 2.05) is 13.8 Å². The van der Waals surface area contributed by atoms with Crippen LogP contribution in [0.1, 0.15) is 38.7 Å². The molecule has 0 aliphatic heterocycles. The van der Waals surface area contributed by atoms with Crippen molar-refractivity contribution in [2.45, 2.75) is 32.9 Å². The number of amides is 2. The maximum Gasteiger partial charge on any atom is 0.407 e. The third-order valence-electron chi connectivity index (χ3n) is 3.15. The van der Waals surface area contributed by atoms with E-state index in [0.29, 0.717) is 5.82 Å². The first-order valence-corrected chi connectivity index (χ1v) is 6.51. The van der Waals surface area contributed by atoms with Crippen molar-refractivity contribution in [1.82, 2.24) is 20.2 Å². The molecule has 2 unspecified atom stereocenters. The van der Waals surface area contributed by atoms with Gasteiger partial charge in [-0.3, -0.25) is 4.79 Å². The van der Waals surface area contributed by atoms with Gasteiger partial charge < -0.3 is 19.9 Å². The molecule has 0 spiro atoms. The summed E-state index contributed by atoms with van der Waals surface area (Å²) in [6, 6.07) is -0.734. The van der Waals surface area contributed by atoms with Crippen LogP contribution in [0.15, 0.2) is 12.4 Å². The smallest absolute Gasteiger partial charge is 0.407 e. The van der Waals surface area contributed by atoms with Crippen molar-refractivity contribution in [3.05, 3.63) is 18.2 Å².